The first-order valence-electron chi connectivity index (χ1n) is 9.82. The van der Waals surface area contributed by atoms with Crippen molar-refractivity contribution < 1.29 is 28.4 Å². The maximum Gasteiger partial charge on any atom is 0.408 e. The third kappa shape index (κ3) is 5.87. The minimum Gasteiger partial charge on any atom is -0.444 e. The van der Waals surface area contributed by atoms with Gasteiger partial charge in [-0.1, -0.05) is 31.2 Å². The van der Waals surface area contributed by atoms with Crippen LogP contribution in [0.1, 0.15) is 44.5 Å². The van der Waals surface area contributed by atoms with Gasteiger partial charge in [-0.25, -0.2) is 14.1 Å². The summed E-state index contributed by atoms with van der Waals surface area (Å²) in [7, 11) is 0. The number of rotatable bonds is 6. The van der Waals surface area contributed by atoms with Gasteiger partial charge in [0, 0.05) is 6.07 Å². The second-order valence-corrected chi connectivity index (χ2v) is 7.81. The molecule has 10 heteroatoms. The van der Waals surface area contributed by atoms with Crippen LogP contribution < -0.4 is 10.2 Å². The van der Waals surface area contributed by atoms with Crippen LogP contribution in [-0.4, -0.2) is 34.5 Å². The maximum atomic E-state index is 14.5. The van der Waals surface area contributed by atoms with Gasteiger partial charge in [0.15, 0.2) is 5.56 Å². The third-order valence-corrected chi connectivity index (χ3v) is 4.24. The number of imide groups is 1. The third-order valence-electron chi connectivity index (χ3n) is 4.24. The number of hydrogen-bond donors (Lipinski definition) is 1. The Hall–Kier alpha value is -3.82. The van der Waals surface area contributed by atoms with Crippen LogP contribution in [0.15, 0.2) is 48.5 Å². The Kier molecular flexibility index (Phi) is 7.63. The molecule has 0 saturated carbocycles. The molecule has 2 aromatic rings. The van der Waals surface area contributed by atoms with Gasteiger partial charge in [-0.2, -0.15) is 0 Å². The number of carbonyl (C=O) groups excluding carboxylic acids is 3. The number of nitrogens with zero attached hydrogens (tertiary/aromatic N) is 2. The molecule has 9 nitrogen and oxygen atoms in total. The molecule has 0 radical (unpaired) electrons. The summed E-state index contributed by atoms with van der Waals surface area (Å²) in [6.45, 7) is 6.53. The van der Waals surface area contributed by atoms with E-state index in [1.807, 2.05) is 0 Å². The fourth-order valence-electron chi connectivity index (χ4n) is 2.85. The molecule has 0 aromatic heterocycles. The van der Waals surface area contributed by atoms with E-state index in [9.17, 15) is 28.9 Å². The van der Waals surface area contributed by atoms with Crippen molar-refractivity contribution in [2.24, 2.45) is 0 Å². The van der Waals surface area contributed by atoms with E-state index in [1.54, 1.807) is 45.9 Å². The largest absolute Gasteiger partial charge is 0.444 e. The SMILES string of the molecule is CC[C@@H](NC(=O)OC(C)(C)C)C(=O)N(C(=O)c1c(F)cccc1[N+](=O)[O-])c1ccccc1. The van der Waals surface area contributed by atoms with Crippen LogP contribution in [0, 0.1) is 15.9 Å². The smallest absolute Gasteiger partial charge is 0.408 e. The van der Waals surface area contributed by atoms with Gasteiger partial charge in [0.05, 0.1) is 10.6 Å². The van der Waals surface area contributed by atoms with Crippen LogP contribution in [0.25, 0.3) is 0 Å². The first-order valence-corrected chi connectivity index (χ1v) is 9.82. The number of hydrogen-bond acceptors (Lipinski definition) is 6. The zero-order chi connectivity index (χ0) is 24.1. The average Bonchev–Trinajstić information content (AvgIpc) is 2.71. The molecule has 3 amide bonds. The quantitative estimate of drug-likeness (QED) is 0.525. The highest BCUT2D eigenvalue weighted by atomic mass is 19.1. The van der Waals surface area contributed by atoms with Gasteiger partial charge in [0.25, 0.3) is 17.5 Å². The van der Waals surface area contributed by atoms with Crippen LogP contribution in [0.4, 0.5) is 20.6 Å². The van der Waals surface area contributed by atoms with Crippen LogP contribution >= 0.6 is 0 Å². The number of carbonyl (C=O) groups is 3. The Balaban J connectivity index is 2.51. The number of nitro groups is 1. The fraction of sp³-hybridized carbons (Fsp3) is 0.318. The average molecular weight is 445 g/mol. The number of nitro benzene ring substituents is 1. The molecule has 0 heterocycles. The molecule has 0 aliphatic carbocycles. The molecule has 2 rings (SSSR count). The lowest BCUT2D eigenvalue weighted by molar-refractivity contribution is -0.385. The highest BCUT2D eigenvalue weighted by Crippen LogP contribution is 2.26. The van der Waals surface area contributed by atoms with E-state index in [0.29, 0.717) is 4.90 Å². The van der Waals surface area contributed by atoms with Crippen molar-refractivity contribution in [2.45, 2.75) is 45.8 Å². The molecule has 170 valence electrons. The molecule has 2 aromatic carbocycles. The summed E-state index contributed by atoms with van der Waals surface area (Å²) in [5, 5.41) is 13.8. The molecular weight excluding hydrogens is 421 g/mol. The van der Waals surface area contributed by atoms with Gasteiger partial charge < -0.3 is 10.1 Å². The summed E-state index contributed by atoms with van der Waals surface area (Å²) in [4.78, 5) is 49.9. The molecule has 0 bridgehead atoms. The van der Waals surface area contributed by atoms with Crippen LogP contribution in [-0.2, 0) is 9.53 Å². The topological polar surface area (TPSA) is 119 Å². The zero-order valence-corrected chi connectivity index (χ0v) is 18.1. The Morgan fingerprint density at radius 2 is 1.75 bits per heavy atom. The Bertz CT molecular complexity index is 1020. The van der Waals surface area contributed by atoms with Crippen LogP contribution in [0.2, 0.25) is 0 Å². The molecular formula is C22H24FN3O6. The second-order valence-electron chi connectivity index (χ2n) is 7.81. The van der Waals surface area contributed by atoms with Crippen LogP contribution in [0.5, 0.6) is 0 Å². The van der Waals surface area contributed by atoms with Crippen molar-refractivity contribution in [1.29, 1.82) is 0 Å². The van der Waals surface area contributed by atoms with E-state index in [0.717, 1.165) is 18.2 Å². The number of amides is 3. The van der Waals surface area contributed by atoms with Crippen molar-refractivity contribution in [1.82, 2.24) is 5.32 Å². The Morgan fingerprint density at radius 1 is 1.12 bits per heavy atom. The number of nitrogens with one attached hydrogen (secondary N) is 1. The number of benzene rings is 2. The molecule has 0 spiro atoms. The first-order chi connectivity index (χ1) is 15.0. The van der Waals surface area contributed by atoms with Gasteiger partial charge in [-0.05, 0) is 45.4 Å². The Labute approximate surface area is 184 Å². The summed E-state index contributed by atoms with van der Waals surface area (Å²) in [6, 6.07) is 9.31. The van der Waals surface area contributed by atoms with Crippen LogP contribution in [0.3, 0.4) is 0 Å². The van der Waals surface area contributed by atoms with E-state index in [2.05, 4.69) is 5.32 Å². The standard InChI is InChI=1S/C22H24FN3O6/c1-5-16(24-21(29)32-22(2,3)4)19(27)25(14-10-7-6-8-11-14)20(28)18-15(23)12-9-13-17(18)26(30)31/h6-13,16H,5H2,1-4H3,(H,24,29)/t16-/m1/s1. The fourth-order valence-corrected chi connectivity index (χ4v) is 2.85. The van der Waals surface area contributed by atoms with E-state index in [4.69, 9.17) is 4.74 Å². The summed E-state index contributed by atoms with van der Waals surface area (Å²) < 4.78 is 19.7. The van der Waals surface area contributed by atoms with E-state index in [1.165, 1.54) is 12.1 Å². The lowest BCUT2D eigenvalue weighted by Gasteiger charge is -2.27. The van der Waals surface area contributed by atoms with Crippen molar-refractivity contribution in [3.63, 3.8) is 0 Å². The number of halogens is 1. The predicted octanol–water partition coefficient (Wildman–Crippen LogP) is 4.21. The Morgan fingerprint density at radius 3 is 2.28 bits per heavy atom. The molecule has 32 heavy (non-hydrogen) atoms. The molecule has 0 fully saturated rings. The predicted molar refractivity (Wildman–Crippen MR) is 115 cm³/mol. The summed E-state index contributed by atoms with van der Waals surface area (Å²) in [5.74, 6) is -3.27. The lowest BCUT2D eigenvalue weighted by atomic mass is 10.1. The van der Waals surface area contributed by atoms with Crippen molar-refractivity contribution >= 4 is 29.3 Å². The normalized spacial score (nSPS) is 11.9. The summed E-state index contributed by atoms with van der Waals surface area (Å²) in [6.07, 6.45) is -0.802. The maximum absolute atomic E-state index is 14.5. The summed E-state index contributed by atoms with van der Waals surface area (Å²) in [5.41, 5.74) is -2.41. The molecule has 0 saturated heterocycles. The summed E-state index contributed by atoms with van der Waals surface area (Å²) >= 11 is 0. The first kappa shape index (κ1) is 24.4. The van der Waals surface area contributed by atoms with Gasteiger partial charge in [0.2, 0.25) is 0 Å². The van der Waals surface area contributed by atoms with Gasteiger partial charge in [-0.15, -0.1) is 0 Å². The van der Waals surface area contributed by atoms with E-state index < -0.39 is 51.5 Å². The molecule has 0 aliphatic heterocycles. The minimum atomic E-state index is -1.23. The van der Waals surface area contributed by atoms with E-state index >= 15 is 0 Å². The lowest BCUT2D eigenvalue weighted by Crippen LogP contribution is -2.51. The molecule has 1 N–H and O–H groups in total. The minimum absolute atomic E-state index is 0.0597. The van der Waals surface area contributed by atoms with Crippen molar-refractivity contribution in [2.75, 3.05) is 4.90 Å². The monoisotopic (exact) mass is 445 g/mol. The number of para-hydroxylation sites is 1. The molecule has 0 unspecified atom stereocenters. The van der Waals surface area contributed by atoms with Crippen molar-refractivity contribution in [3.05, 3.63) is 70.0 Å². The highest BCUT2D eigenvalue weighted by Gasteiger charge is 2.36. The van der Waals surface area contributed by atoms with Crippen molar-refractivity contribution in [3.8, 4) is 0 Å². The molecule has 1 atom stereocenters. The highest BCUT2D eigenvalue weighted by molar-refractivity contribution is 6.23. The number of ether oxygens (including phenoxy) is 1. The van der Waals surface area contributed by atoms with E-state index in [-0.39, 0.29) is 12.1 Å². The second kappa shape index (κ2) is 9.99. The number of anilines is 1. The number of alkyl carbamates (subject to hydrolysis) is 1. The zero-order valence-electron chi connectivity index (χ0n) is 18.1. The van der Waals surface area contributed by atoms with Gasteiger partial charge in [0.1, 0.15) is 17.5 Å². The van der Waals surface area contributed by atoms with Gasteiger partial charge in [-0.3, -0.25) is 19.7 Å². The van der Waals surface area contributed by atoms with Gasteiger partial charge >= 0.3 is 6.09 Å². The molecule has 0 aliphatic rings.